The Kier molecular flexibility index (Phi) is 4.26. The molecular formula is C18H23N3O4. The smallest absolute Gasteiger partial charge is 0.323 e. The van der Waals surface area contributed by atoms with Crippen molar-refractivity contribution in [3.63, 3.8) is 0 Å². The van der Waals surface area contributed by atoms with E-state index in [0.717, 1.165) is 18.5 Å². The van der Waals surface area contributed by atoms with Crippen LogP contribution in [0.2, 0.25) is 0 Å². The Morgan fingerprint density at radius 1 is 1.36 bits per heavy atom. The van der Waals surface area contributed by atoms with Gasteiger partial charge in [-0.3, -0.25) is 9.59 Å². The summed E-state index contributed by atoms with van der Waals surface area (Å²) in [6.07, 6.45) is 2.72. The third kappa shape index (κ3) is 3.81. The van der Waals surface area contributed by atoms with Crippen LogP contribution in [0, 0.1) is 5.41 Å². The fourth-order valence-electron chi connectivity index (χ4n) is 2.89. The van der Waals surface area contributed by atoms with Gasteiger partial charge in [-0.2, -0.15) is 0 Å². The molecular weight excluding hydrogens is 322 g/mol. The number of rotatable bonds is 5. The third-order valence-corrected chi connectivity index (χ3v) is 4.18. The summed E-state index contributed by atoms with van der Waals surface area (Å²) < 4.78 is 5.42. The quantitative estimate of drug-likeness (QED) is 0.895. The molecule has 0 spiro atoms. The van der Waals surface area contributed by atoms with Crippen molar-refractivity contribution in [1.82, 2.24) is 15.0 Å². The number of hydrogen-bond acceptors (Lipinski definition) is 5. The molecule has 25 heavy (non-hydrogen) atoms. The molecule has 1 aliphatic carbocycles. The minimum absolute atomic E-state index is 0.0355. The number of pyridine rings is 1. The zero-order valence-corrected chi connectivity index (χ0v) is 15.0. The molecule has 0 aromatic carbocycles. The van der Waals surface area contributed by atoms with E-state index in [1.807, 2.05) is 0 Å². The maximum absolute atomic E-state index is 12.9. The molecule has 0 radical (unpaired) electrons. The minimum atomic E-state index is -1.05. The molecule has 2 heterocycles. The number of carbonyl (C=O) groups is 2. The second-order valence-corrected chi connectivity index (χ2v) is 7.97. The van der Waals surface area contributed by atoms with Crippen LogP contribution in [0.15, 0.2) is 10.6 Å². The number of carboxylic acid groups (broad SMARTS) is 1. The second-order valence-electron chi connectivity index (χ2n) is 7.97. The molecule has 1 saturated carbocycles. The molecule has 7 heteroatoms. The highest BCUT2D eigenvalue weighted by atomic mass is 16.5. The molecule has 2 aromatic rings. The van der Waals surface area contributed by atoms with Gasteiger partial charge in [0.25, 0.3) is 11.6 Å². The first-order valence-electron chi connectivity index (χ1n) is 8.42. The van der Waals surface area contributed by atoms with Gasteiger partial charge in [0.1, 0.15) is 6.54 Å². The van der Waals surface area contributed by atoms with Crippen molar-refractivity contribution in [1.29, 1.82) is 0 Å². The van der Waals surface area contributed by atoms with E-state index in [-0.39, 0.29) is 17.9 Å². The summed E-state index contributed by atoms with van der Waals surface area (Å²) in [5.41, 5.74) is 2.25. The number of aromatic nitrogens is 2. The SMILES string of the molecule is CN(CC(=O)O)C(=O)c1cc(C2CC2)nc2onc(CC(C)(C)C)c12. The van der Waals surface area contributed by atoms with Crippen molar-refractivity contribution in [2.45, 2.75) is 46.0 Å². The Labute approximate surface area is 146 Å². The van der Waals surface area contributed by atoms with E-state index < -0.39 is 5.97 Å². The van der Waals surface area contributed by atoms with Crippen LogP contribution in [0.1, 0.15) is 61.3 Å². The van der Waals surface area contributed by atoms with Crippen molar-refractivity contribution >= 4 is 23.0 Å². The van der Waals surface area contributed by atoms with Crippen LogP contribution in [-0.4, -0.2) is 45.6 Å². The Balaban J connectivity index is 2.10. The van der Waals surface area contributed by atoms with Crippen LogP contribution in [0.25, 0.3) is 11.1 Å². The molecule has 0 bridgehead atoms. The van der Waals surface area contributed by atoms with Gasteiger partial charge < -0.3 is 14.5 Å². The van der Waals surface area contributed by atoms with Gasteiger partial charge in [-0.25, -0.2) is 4.98 Å². The van der Waals surface area contributed by atoms with Crippen molar-refractivity contribution < 1.29 is 19.2 Å². The van der Waals surface area contributed by atoms with Gasteiger partial charge in [0.15, 0.2) is 0 Å². The molecule has 0 unspecified atom stereocenters. The highest BCUT2D eigenvalue weighted by Gasteiger charge is 2.30. The topological polar surface area (TPSA) is 96.5 Å². The molecule has 1 amide bonds. The second kappa shape index (κ2) is 6.13. The molecule has 0 saturated heterocycles. The Morgan fingerprint density at radius 3 is 2.60 bits per heavy atom. The molecule has 1 N–H and O–H groups in total. The van der Waals surface area contributed by atoms with Crippen molar-refractivity contribution in [3.05, 3.63) is 23.0 Å². The molecule has 2 aromatic heterocycles. The van der Waals surface area contributed by atoms with E-state index in [1.165, 1.54) is 11.9 Å². The van der Waals surface area contributed by atoms with Gasteiger partial charge >= 0.3 is 5.97 Å². The van der Waals surface area contributed by atoms with E-state index in [1.54, 1.807) is 6.07 Å². The summed E-state index contributed by atoms with van der Waals surface area (Å²) in [7, 11) is 1.48. The van der Waals surface area contributed by atoms with Gasteiger partial charge in [0.2, 0.25) is 0 Å². The molecule has 0 aliphatic heterocycles. The van der Waals surface area contributed by atoms with Crippen molar-refractivity contribution in [2.24, 2.45) is 5.41 Å². The van der Waals surface area contributed by atoms with E-state index in [2.05, 4.69) is 30.9 Å². The number of fused-ring (bicyclic) bond motifs is 1. The van der Waals surface area contributed by atoms with Crippen LogP contribution in [-0.2, 0) is 11.2 Å². The summed E-state index contributed by atoms with van der Waals surface area (Å²) in [5, 5.41) is 13.7. The van der Waals surface area contributed by atoms with Crippen LogP contribution < -0.4 is 0 Å². The van der Waals surface area contributed by atoms with Crippen LogP contribution in [0.5, 0.6) is 0 Å². The first-order chi connectivity index (χ1) is 11.7. The number of aliphatic carboxylic acids is 1. The van der Waals surface area contributed by atoms with E-state index >= 15 is 0 Å². The monoisotopic (exact) mass is 345 g/mol. The third-order valence-electron chi connectivity index (χ3n) is 4.18. The lowest BCUT2D eigenvalue weighted by molar-refractivity contribution is -0.137. The zero-order valence-electron chi connectivity index (χ0n) is 15.0. The van der Waals surface area contributed by atoms with Crippen molar-refractivity contribution in [2.75, 3.05) is 13.6 Å². The summed E-state index contributed by atoms with van der Waals surface area (Å²) >= 11 is 0. The molecule has 0 atom stereocenters. The van der Waals surface area contributed by atoms with E-state index in [4.69, 9.17) is 9.63 Å². The predicted molar refractivity (Wildman–Crippen MR) is 91.5 cm³/mol. The lowest BCUT2D eigenvalue weighted by Gasteiger charge is -2.18. The normalized spacial score (nSPS) is 14.7. The Morgan fingerprint density at radius 2 is 2.04 bits per heavy atom. The highest BCUT2D eigenvalue weighted by molar-refractivity contribution is 6.06. The van der Waals surface area contributed by atoms with Crippen LogP contribution >= 0.6 is 0 Å². The number of nitrogens with zero attached hydrogens (tertiary/aromatic N) is 3. The van der Waals surface area contributed by atoms with Gasteiger partial charge in [0, 0.05) is 18.7 Å². The lowest BCUT2D eigenvalue weighted by Crippen LogP contribution is -2.32. The fourth-order valence-corrected chi connectivity index (χ4v) is 2.89. The molecule has 1 aliphatic rings. The van der Waals surface area contributed by atoms with E-state index in [0.29, 0.717) is 34.7 Å². The zero-order chi connectivity index (χ0) is 18.4. The minimum Gasteiger partial charge on any atom is -0.480 e. The summed E-state index contributed by atoms with van der Waals surface area (Å²) in [6.45, 7) is 5.88. The van der Waals surface area contributed by atoms with Gasteiger partial charge in [-0.1, -0.05) is 25.9 Å². The first kappa shape index (κ1) is 17.4. The standard InChI is InChI=1S/C18H23N3O4/c1-18(2,3)8-13-15-11(17(24)21(4)9-14(22)23)7-12(10-5-6-10)19-16(15)25-20-13/h7,10H,5-6,8-9H2,1-4H3,(H,22,23). The Hall–Kier alpha value is -2.44. The largest absolute Gasteiger partial charge is 0.480 e. The summed E-state index contributed by atoms with van der Waals surface area (Å²) in [5.74, 6) is -1.06. The van der Waals surface area contributed by atoms with Gasteiger partial charge in [0.05, 0.1) is 16.6 Å². The van der Waals surface area contributed by atoms with Gasteiger partial charge in [-0.15, -0.1) is 0 Å². The summed E-state index contributed by atoms with van der Waals surface area (Å²) in [4.78, 5) is 29.6. The number of carbonyl (C=O) groups excluding carboxylic acids is 1. The predicted octanol–water partition coefficient (Wildman–Crippen LogP) is 2.85. The lowest BCUT2D eigenvalue weighted by atomic mass is 9.89. The first-order valence-corrected chi connectivity index (χ1v) is 8.42. The van der Waals surface area contributed by atoms with E-state index in [9.17, 15) is 9.59 Å². The summed E-state index contributed by atoms with van der Waals surface area (Å²) in [6, 6.07) is 1.78. The fraction of sp³-hybridized carbons (Fsp3) is 0.556. The average molecular weight is 345 g/mol. The number of amides is 1. The highest BCUT2D eigenvalue weighted by Crippen LogP contribution is 2.41. The van der Waals surface area contributed by atoms with Crippen molar-refractivity contribution in [3.8, 4) is 0 Å². The molecule has 3 rings (SSSR count). The average Bonchev–Trinajstić information content (AvgIpc) is 3.27. The maximum Gasteiger partial charge on any atom is 0.323 e. The number of likely N-dealkylation sites (N-methyl/N-ethyl adjacent to an activating group) is 1. The Bertz CT molecular complexity index is 831. The van der Waals surface area contributed by atoms with Crippen LogP contribution in [0.3, 0.4) is 0 Å². The molecule has 7 nitrogen and oxygen atoms in total. The molecule has 134 valence electrons. The number of carboxylic acids is 1. The van der Waals surface area contributed by atoms with Gasteiger partial charge in [-0.05, 0) is 30.7 Å². The number of hydrogen-bond donors (Lipinski definition) is 1. The maximum atomic E-state index is 12.9. The molecule has 1 fully saturated rings. The van der Waals surface area contributed by atoms with Crippen LogP contribution in [0.4, 0.5) is 0 Å².